The summed E-state index contributed by atoms with van der Waals surface area (Å²) in [5.41, 5.74) is 0.879. The van der Waals surface area contributed by atoms with Crippen LogP contribution in [-0.2, 0) is 15.8 Å². The number of ether oxygens (including phenoxy) is 1. The summed E-state index contributed by atoms with van der Waals surface area (Å²) in [5.74, 6) is 0. The molecule has 1 aromatic rings. The Labute approximate surface area is 122 Å². The predicted molar refractivity (Wildman–Crippen MR) is 82.9 cm³/mol. The van der Waals surface area contributed by atoms with E-state index in [0.717, 1.165) is 32.0 Å². The van der Waals surface area contributed by atoms with Gasteiger partial charge in [0.2, 0.25) is 0 Å². The molecule has 116 valence electrons. The van der Waals surface area contributed by atoms with Gasteiger partial charge in [0, 0.05) is 0 Å². The first-order valence-electron chi connectivity index (χ1n) is 7.43. The molecule has 0 bridgehead atoms. The Morgan fingerprint density at radius 2 is 1.95 bits per heavy atom. The van der Waals surface area contributed by atoms with Gasteiger partial charge in [0.1, 0.15) is 0 Å². The maximum atomic E-state index is 6.18. The SMILES string of the molecule is CC(C)(C)[SiH-](C)(C)OCc1coc(N2CCOCC2)n1. The molecule has 1 aliphatic rings. The van der Waals surface area contributed by atoms with Crippen LogP contribution in [0.3, 0.4) is 0 Å². The molecule has 0 atom stereocenters. The molecule has 0 spiro atoms. The second-order valence-electron chi connectivity index (χ2n) is 7.14. The molecule has 1 fully saturated rings. The molecule has 0 N–H and O–H groups in total. The van der Waals surface area contributed by atoms with E-state index < -0.39 is 8.32 Å². The van der Waals surface area contributed by atoms with E-state index in [9.17, 15) is 0 Å². The molecular formula is C14H27N2O3Si-. The van der Waals surface area contributed by atoms with E-state index in [4.69, 9.17) is 13.6 Å². The Balaban J connectivity index is 1.93. The molecule has 0 unspecified atom stereocenters. The molecule has 1 saturated heterocycles. The molecular weight excluding hydrogens is 272 g/mol. The van der Waals surface area contributed by atoms with Crippen molar-refractivity contribution in [3.05, 3.63) is 12.0 Å². The third-order valence-corrected chi connectivity index (χ3v) is 9.73. The summed E-state index contributed by atoms with van der Waals surface area (Å²) in [4.78, 5) is 6.64. The van der Waals surface area contributed by atoms with Gasteiger partial charge in [0.25, 0.3) is 0 Å². The average molecular weight is 299 g/mol. The van der Waals surface area contributed by atoms with E-state index in [0.29, 0.717) is 12.6 Å². The first kappa shape index (κ1) is 15.5. The number of hydrogen-bond donors (Lipinski definition) is 0. The van der Waals surface area contributed by atoms with Gasteiger partial charge >= 0.3 is 122 Å². The number of anilines is 1. The number of hydrogen-bond acceptors (Lipinski definition) is 5. The summed E-state index contributed by atoms with van der Waals surface area (Å²) in [5, 5.41) is 0.240. The zero-order valence-corrected chi connectivity index (χ0v) is 14.5. The Hall–Kier alpha value is -0.853. The average Bonchev–Trinajstić information content (AvgIpc) is 2.85. The van der Waals surface area contributed by atoms with Crippen LogP contribution in [0.2, 0.25) is 18.1 Å². The van der Waals surface area contributed by atoms with Gasteiger partial charge in [-0.2, -0.15) is 0 Å². The van der Waals surface area contributed by atoms with Crippen molar-refractivity contribution >= 4 is 14.3 Å². The van der Waals surface area contributed by atoms with Gasteiger partial charge in [-0.05, 0) is 0 Å². The van der Waals surface area contributed by atoms with Crippen molar-refractivity contribution in [3.63, 3.8) is 0 Å². The quantitative estimate of drug-likeness (QED) is 0.800. The summed E-state index contributed by atoms with van der Waals surface area (Å²) in [6.07, 6.45) is 1.71. The van der Waals surface area contributed by atoms with Gasteiger partial charge in [-0.1, -0.05) is 0 Å². The van der Waals surface area contributed by atoms with E-state index in [-0.39, 0.29) is 5.04 Å². The van der Waals surface area contributed by atoms with Crippen molar-refractivity contribution in [2.45, 2.75) is 45.5 Å². The van der Waals surface area contributed by atoms with Gasteiger partial charge < -0.3 is 0 Å². The van der Waals surface area contributed by atoms with Crippen LogP contribution in [0.4, 0.5) is 6.01 Å². The van der Waals surface area contributed by atoms with Gasteiger partial charge in [-0.15, -0.1) is 0 Å². The zero-order valence-electron chi connectivity index (χ0n) is 13.3. The number of nitrogens with zero attached hydrogens (tertiary/aromatic N) is 2. The van der Waals surface area contributed by atoms with Crippen molar-refractivity contribution in [3.8, 4) is 0 Å². The molecule has 1 aromatic heterocycles. The normalized spacial score (nSPS) is 18.4. The summed E-state index contributed by atoms with van der Waals surface area (Å²) < 4.78 is 17.1. The first-order valence-corrected chi connectivity index (χ1v) is 10.8. The fourth-order valence-electron chi connectivity index (χ4n) is 1.81. The minimum absolute atomic E-state index is 0.240. The molecule has 0 saturated carbocycles. The Bertz CT molecular complexity index is 434. The van der Waals surface area contributed by atoms with Crippen LogP contribution in [0.1, 0.15) is 26.5 Å². The fourth-order valence-corrected chi connectivity index (χ4v) is 2.89. The molecule has 0 aromatic carbocycles. The van der Waals surface area contributed by atoms with Gasteiger partial charge in [0.05, 0.1) is 0 Å². The molecule has 0 aliphatic carbocycles. The van der Waals surface area contributed by atoms with Crippen LogP contribution in [0.25, 0.3) is 0 Å². The van der Waals surface area contributed by atoms with E-state index >= 15 is 0 Å². The molecule has 6 heteroatoms. The van der Waals surface area contributed by atoms with Crippen molar-refractivity contribution in [1.82, 2.24) is 4.98 Å². The maximum absolute atomic E-state index is 6.18. The Morgan fingerprint density at radius 1 is 1.30 bits per heavy atom. The van der Waals surface area contributed by atoms with Gasteiger partial charge in [0.15, 0.2) is 0 Å². The van der Waals surface area contributed by atoms with Crippen molar-refractivity contribution < 1.29 is 13.6 Å². The number of aromatic nitrogens is 1. The number of oxazole rings is 1. The standard InChI is InChI=1S/C14H27N2O3Si/c1-14(2,3)20(4,5)19-11-12-10-18-13(15-12)16-6-8-17-9-7-16/h10,20H,6-9,11H2,1-5H3/q-1. The van der Waals surface area contributed by atoms with Crippen LogP contribution in [0, 0.1) is 0 Å². The van der Waals surface area contributed by atoms with Gasteiger partial charge in [-0.25, -0.2) is 0 Å². The Morgan fingerprint density at radius 3 is 2.55 bits per heavy atom. The third-order valence-electron chi connectivity index (χ3n) is 4.55. The topological polar surface area (TPSA) is 47.7 Å². The molecule has 0 amide bonds. The molecule has 1 aliphatic heterocycles. The fraction of sp³-hybridized carbons (Fsp3) is 0.786. The van der Waals surface area contributed by atoms with Crippen LogP contribution in [0.15, 0.2) is 10.7 Å². The van der Waals surface area contributed by atoms with Crippen molar-refractivity contribution in [2.24, 2.45) is 0 Å². The molecule has 2 heterocycles. The summed E-state index contributed by atoms with van der Waals surface area (Å²) in [6, 6.07) is 0.686. The van der Waals surface area contributed by atoms with Crippen LogP contribution < -0.4 is 4.90 Å². The molecule has 0 radical (unpaired) electrons. The number of rotatable bonds is 4. The van der Waals surface area contributed by atoms with Crippen LogP contribution in [-0.4, -0.2) is 39.6 Å². The first-order chi connectivity index (χ1) is 9.29. The summed E-state index contributed by atoms with van der Waals surface area (Å²) >= 11 is 0. The minimum atomic E-state index is -2.04. The van der Waals surface area contributed by atoms with Crippen molar-refractivity contribution in [1.29, 1.82) is 0 Å². The second-order valence-corrected chi connectivity index (χ2v) is 12.7. The third kappa shape index (κ3) is 3.62. The number of morpholine rings is 1. The molecule has 20 heavy (non-hydrogen) atoms. The van der Waals surface area contributed by atoms with E-state index in [1.54, 1.807) is 6.26 Å². The van der Waals surface area contributed by atoms with E-state index in [1.807, 2.05) is 0 Å². The second kappa shape index (κ2) is 5.87. The van der Waals surface area contributed by atoms with E-state index in [1.165, 1.54) is 0 Å². The molecule has 2 rings (SSSR count). The summed E-state index contributed by atoms with van der Waals surface area (Å²) in [6.45, 7) is 15.0. The van der Waals surface area contributed by atoms with Crippen LogP contribution >= 0.6 is 0 Å². The predicted octanol–water partition coefficient (Wildman–Crippen LogP) is 2.77. The molecule has 5 nitrogen and oxygen atoms in total. The monoisotopic (exact) mass is 299 g/mol. The zero-order chi connectivity index (χ0) is 14.8. The summed E-state index contributed by atoms with van der Waals surface area (Å²) in [7, 11) is -2.04. The van der Waals surface area contributed by atoms with Gasteiger partial charge in [-0.3, -0.25) is 0 Å². The Kier molecular flexibility index (Phi) is 4.56. The van der Waals surface area contributed by atoms with Crippen LogP contribution in [0.5, 0.6) is 0 Å². The van der Waals surface area contributed by atoms with Crippen molar-refractivity contribution in [2.75, 3.05) is 31.2 Å². The van der Waals surface area contributed by atoms with E-state index in [2.05, 4.69) is 43.7 Å².